The van der Waals surface area contributed by atoms with E-state index in [4.69, 9.17) is 0 Å². The summed E-state index contributed by atoms with van der Waals surface area (Å²) >= 11 is 0. The molecule has 3 rings (SSSR count). The fraction of sp³-hybridized carbons (Fsp3) is 0.222. The number of H-pyrrole nitrogens is 1. The van der Waals surface area contributed by atoms with Crippen molar-refractivity contribution in [2.24, 2.45) is 0 Å². The van der Waals surface area contributed by atoms with Crippen molar-refractivity contribution in [2.45, 2.75) is 25.9 Å². The number of fused-ring (bicyclic) bond motifs is 1. The fourth-order valence-electron chi connectivity index (χ4n) is 2.71. The average molecular weight is 294 g/mol. The van der Waals surface area contributed by atoms with Gasteiger partial charge in [-0.3, -0.25) is 4.79 Å². The van der Waals surface area contributed by atoms with Crippen molar-refractivity contribution in [2.75, 3.05) is 0 Å². The van der Waals surface area contributed by atoms with Crippen molar-refractivity contribution in [3.8, 4) is 0 Å². The third kappa shape index (κ3) is 2.92. The van der Waals surface area contributed by atoms with Crippen molar-refractivity contribution in [1.82, 2.24) is 9.97 Å². The van der Waals surface area contributed by atoms with Gasteiger partial charge < -0.3 is 10.3 Å². The normalized spacial score (nSPS) is 13.9. The van der Waals surface area contributed by atoms with Crippen molar-refractivity contribution in [3.05, 3.63) is 76.3 Å². The first-order valence-corrected chi connectivity index (χ1v) is 7.54. The molecular weight excluding hydrogens is 274 g/mol. The molecule has 0 spiro atoms. The number of aromatic nitrogens is 2. The van der Waals surface area contributed by atoms with Gasteiger partial charge in [0.15, 0.2) is 5.82 Å². The predicted molar refractivity (Wildman–Crippen MR) is 87.6 cm³/mol. The first-order valence-electron chi connectivity index (χ1n) is 7.54. The van der Waals surface area contributed by atoms with Crippen LogP contribution in [-0.4, -0.2) is 9.97 Å². The van der Waals surface area contributed by atoms with Crippen LogP contribution in [0.25, 0.3) is 10.9 Å². The molecule has 0 fully saturated rings. The van der Waals surface area contributed by atoms with Gasteiger partial charge in [0.25, 0.3) is 5.56 Å². The molecule has 0 saturated heterocycles. The van der Waals surface area contributed by atoms with E-state index in [9.17, 15) is 4.79 Å². The van der Waals surface area contributed by atoms with Crippen molar-refractivity contribution in [1.29, 1.82) is 0 Å². The van der Waals surface area contributed by atoms with Gasteiger partial charge in [-0.2, -0.15) is 0 Å². The molecule has 0 radical (unpaired) electrons. The highest BCUT2D eigenvalue weighted by atomic mass is 16.1. The zero-order valence-corrected chi connectivity index (χ0v) is 12.8. The molecular formula is C18H20N3O+. The highest BCUT2D eigenvalue weighted by Crippen LogP contribution is 2.11. The molecule has 0 unspecified atom stereocenters. The SMILES string of the molecule is C[C@@H]([NH2+][C@H](C)c1nc2ccccc2c(=O)[nH]1)c1ccccc1. The van der Waals surface area contributed by atoms with E-state index in [2.05, 4.69) is 41.3 Å². The topological polar surface area (TPSA) is 62.4 Å². The minimum atomic E-state index is -0.0757. The Labute approximate surface area is 129 Å². The Hall–Kier alpha value is -2.46. The number of nitrogens with zero attached hydrogens (tertiary/aromatic N) is 1. The van der Waals surface area contributed by atoms with Crippen molar-refractivity contribution >= 4 is 10.9 Å². The number of hydrogen-bond donors (Lipinski definition) is 2. The van der Waals surface area contributed by atoms with Crippen LogP contribution in [0.15, 0.2) is 59.4 Å². The summed E-state index contributed by atoms with van der Waals surface area (Å²) in [5.74, 6) is 0.714. The number of aromatic amines is 1. The van der Waals surface area contributed by atoms with Crippen LogP contribution in [0.3, 0.4) is 0 Å². The Morgan fingerprint density at radius 2 is 1.64 bits per heavy atom. The van der Waals surface area contributed by atoms with E-state index < -0.39 is 0 Å². The largest absolute Gasteiger partial charge is 0.332 e. The summed E-state index contributed by atoms with van der Waals surface area (Å²) in [4.78, 5) is 19.7. The van der Waals surface area contributed by atoms with Gasteiger partial charge in [0.2, 0.25) is 0 Å². The lowest BCUT2D eigenvalue weighted by Crippen LogP contribution is -2.85. The van der Waals surface area contributed by atoms with Crippen LogP contribution in [-0.2, 0) is 0 Å². The van der Waals surface area contributed by atoms with Crippen molar-refractivity contribution < 1.29 is 5.32 Å². The highest BCUT2D eigenvalue weighted by Gasteiger charge is 2.17. The van der Waals surface area contributed by atoms with Gasteiger partial charge in [-0.05, 0) is 26.0 Å². The number of quaternary nitrogens is 1. The predicted octanol–water partition coefficient (Wildman–Crippen LogP) is 2.31. The molecule has 22 heavy (non-hydrogen) atoms. The minimum Gasteiger partial charge on any atom is -0.332 e. The molecule has 2 atom stereocenters. The average Bonchev–Trinajstić information content (AvgIpc) is 2.55. The summed E-state index contributed by atoms with van der Waals surface area (Å²) in [7, 11) is 0. The second kappa shape index (κ2) is 6.12. The fourth-order valence-corrected chi connectivity index (χ4v) is 2.71. The van der Waals surface area contributed by atoms with Crippen LogP contribution in [0.2, 0.25) is 0 Å². The lowest BCUT2D eigenvalue weighted by molar-refractivity contribution is -0.729. The molecule has 3 N–H and O–H groups in total. The summed E-state index contributed by atoms with van der Waals surface area (Å²) in [5.41, 5.74) is 1.93. The second-order valence-electron chi connectivity index (χ2n) is 5.65. The van der Waals surface area contributed by atoms with Gasteiger partial charge in [-0.1, -0.05) is 42.5 Å². The number of nitrogens with one attached hydrogen (secondary N) is 1. The van der Waals surface area contributed by atoms with Crippen LogP contribution in [0, 0.1) is 0 Å². The van der Waals surface area contributed by atoms with Gasteiger partial charge in [0.1, 0.15) is 12.1 Å². The van der Waals surface area contributed by atoms with E-state index in [1.807, 2.05) is 36.4 Å². The van der Waals surface area contributed by atoms with E-state index in [1.165, 1.54) is 5.56 Å². The van der Waals surface area contributed by atoms with Gasteiger partial charge in [0.05, 0.1) is 10.9 Å². The summed E-state index contributed by atoms with van der Waals surface area (Å²) in [6.07, 6.45) is 0. The van der Waals surface area contributed by atoms with E-state index in [0.717, 1.165) is 5.52 Å². The third-order valence-corrected chi connectivity index (χ3v) is 3.97. The zero-order valence-electron chi connectivity index (χ0n) is 12.8. The highest BCUT2D eigenvalue weighted by molar-refractivity contribution is 5.77. The van der Waals surface area contributed by atoms with Gasteiger partial charge in [-0.25, -0.2) is 4.98 Å². The third-order valence-electron chi connectivity index (χ3n) is 3.97. The van der Waals surface area contributed by atoms with Gasteiger partial charge in [0, 0.05) is 5.56 Å². The Morgan fingerprint density at radius 1 is 0.955 bits per heavy atom. The number of hydrogen-bond acceptors (Lipinski definition) is 2. The Bertz CT molecular complexity index is 826. The summed E-state index contributed by atoms with van der Waals surface area (Å²) in [5, 5.41) is 2.84. The van der Waals surface area contributed by atoms with Crippen LogP contribution in [0.5, 0.6) is 0 Å². The molecule has 0 aliphatic carbocycles. The number of benzene rings is 2. The summed E-state index contributed by atoms with van der Waals surface area (Å²) < 4.78 is 0. The van der Waals surface area contributed by atoms with E-state index >= 15 is 0 Å². The molecule has 4 heteroatoms. The molecule has 1 heterocycles. The van der Waals surface area contributed by atoms with E-state index in [1.54, 1.807) is 6.07 Å². The maximum atomic E-state index is 12.2. The smallest absolute Gasteiger partial charge is 0.258 e. The molecule has 0 saturated carbocycles. The Kier molecular flexibility index (Phi) is 4.02. The summed E-state index contributed by atoms with van der Waals surface area (Å²) in [6, 6.07) is 18.1. The van der Waals surface area contributed by atoms with Crippen LogP contribution < -0.4 is 10.9 Å². The number of rotatable bonds is 4. The Balaban J connectivity index is 1.86. The lowest BCUT2D eigenvalue weighted by atomic mass is 10.1. The quantitative estimate of drug-likeness (QED) is 0.775. The second-order valence-corrected chi connectivity index (χ2v) is 5.65. The van der Waals surface area contributed by atoms with Crippen molar-refractivity contribution in [3.63, 3.8) is 0 Å². The first kappa shape index (κ1) is 14.5. The monoisotopic (exact) mass is 294 g/mol. The maximum Gasteiger partial charge on any atom is 0.258 e. The van der Waals surface area contributed by atoms with E-state index in [0.29, 0.717) is 17.3 Å². The minimum absolute atomic E-state index is 0.0757. The molecule has 2 aromatic carbocycles. The van der Waals surface area contributed by atoms with Crippen LogP contribution in [0.1, 0.15) is 37.3 Å². The molecule has 0 aliphatic rings. The number of nitrogens with two attached hydrogens (primary N) is 1. The maximum absolute atomic E-state index is 12.2. The molecule has 1 aromatic heterocycles. The summed E-state index contributed by atoms with van der Waals surface area (Å²) in [6.45, 7) is 4.22. The molecule has 0 bridgehead atoms. The molecule has 4 nitrogen and oxygen atoms in total. The van der Waals surface area contributed by atoms with Crippen LogP contribution >= 0.6 is 0 Å². The molecule has 0 amide bonds. The van der Waals surface area contributed by atoms with Gasteiger partial charge >= 0.3 is 0 Å². The zero-order chi connectivity index (χ0) is 15.5. The first-order chi connectivity index (χ1) is 10.6. The van der Waals surface area contributed by atoms with Gasteiger partial charge in [-0.15, -0.1) is 0 Å². The molecule has 0 aliphatic heterocycles. The van der Waals surface area contributed by atoms with Crippen LogP contribution in [0.4, 0.5) is 0 Å². The molecule has 3 aromatic rings. The standard InChI is InChI=1S/C18H19N3O/c1-12(14-8-4-3-5-9-14)19-13(2)17-20-16-11-7-6-10-15(16)18(22)21-17/h3-13,19H,1-2H3,(H,20,21,22)/p+1/t12-,13-/m1/s1. The molecule has 112 valence electrons. The van der Waals surface area contributed by atoms with E-state index in [-0.39, 0.29) is 11.6 Å². The number of para-hydroxylation sites is 1. The lowest BCUT2D eigenvalue weighted by Gasteiger charge is -2.16. The Morgan fingerprint density at radius 3 is 2.41 bits per heavy atom.